The Morgan fingerprint density at radius 1 is 1.32 bits per heavy atom. The van der Waals surface area contributed by atoms with Crippen LogP contribution in [0.1, 0.15) is 52.1 Å². The Bertz CT molecular complexity index is 758. The summed E-state index contributed by atoms with van der Waals surface area (Å²) in [5, 5.41) is 17.5. The topological polar surface area (TPSA) is 101 Å². The van der Waals surface area contributed by atoms with Crippen LogP contribution >= 0.6 is 0 Å². The molecule has 0 aromatic carbocycles. The number of hydrogen-bond acceptors (Lipinski definition) is 5. The van der Waals surface area contributed by atoms with E-state index in [0.29, 0.717) is 6.54 Å². The first-order valence-electron chi connectivity index (χ1n) is 11.4. The molecule has 2 saturated carbocycles. The summed E-state index contributed by atoms with van der Waals surface area (Å²) in [6, 6.07) is 5.64. The molecule has 2 aliphatic carbocycles. The molecule has 0 unspecified atom stereocenters. The summed E-state index contributed by atoms with van der Waals surface area (Å²) >= 11 is 0. The highest BCUT2D eigenvalue weighted by atomic mass is 16.5. The molecule has 1 aromatic rings. The maximum Gasteiger partial charge on any atom is 0.246 e. The highest BCUT2D eigenvalue weighted by Crippen LogP contribution is 2.55. The van der Waals surface area contributed by atoms with Gasteiger partial charge in [0.25, 0.3) is 0 Å². The number of nitrogens with zero attached hydrogens (tertiary/aromatic N) is 1. The zero-order chi connectivity index (χ0) is 22.6. The lowest BCUT2D eigenvalue weighted by Gasteiger charge is -2.56. The second-order valence-electron chi connectivity index (χ2n) is 9.71. The van der Waals surface area contributed by atoms with E-state index < -0.39 is 6.10 Å². The maximum atomic E-state index is 12.8. The Kier molecular flexibility index (Phi) is 7.70. The number of aliphatic hydroxyl groups excluding tert-OH is 1. The van der Waals surface area contributed by atoms with Crippen LogP contribution in [0.4, 0.5) is 0 Å². The molecule has 31 heavy (non-hydrogen) atoms. The quantitative estimate of drug-likeness (QED) is 0.615. The summed E-state index contributed by atoms with van der Waals surface area (Å²) in [7, 11) is 1.51. The molecule has 2 aliphatic rings. The average Bonchev–Trinajstić information content (AvgIpc) is 2.75. The van der Waals surface area contributed by atoms with Gasteiger partial charge in [-0.1, -0.05) is 26.8 Å². The molecular weight excluding hydrogens is 394 g/mol. The summed E-state index contributed by atoms with van der Waals surface area (Å²) < 4.78 is 4.95. The molecular formula is C24H37N3O4. The van der Waals surface area contributed by atoms with Gasteiger partial charge in [0.15, 0.2) is 0 Å². The minimum Gasteiger partial charge on any atom is -0.392 e. The van der Waals surface area contributed by atoms with E-state index in [9.17, 15) is 14.7 Å². The van der Waals surface area contributed by atoms with Crippen molar-refractivity contribution < 1.29 is 19.4 Å². The first kappa shape index (κ1) is 23.7. The lowest BCUT2D eigenvalue weighted by Crippen LogP contribution is -2.58. The third-order valence-corrected chi connectivity index (χ3v) is 7.74. The molecule has 7 atom stereocenters. The van der Waals surface area contributed by atoms with Crippen molar-refractivity contribution >= 4 is 11.8 Å². The Labute approximate surface area is 185 Å². The van der Waals surface area contributed by atoms with Gasteiger partial charge in [0, 0.05) is 25.3 Å². The molecule has 7 nitrogen and oxygen atoms in total. The lowest BCUT2D eigenvalue weighted by atomic mass is 9.51. The monoisotopic (exact) mass is 431 g/mol. The standard InChI is InChI=1S/C24H37N3O4/c1-15(23(30)26-13-17-7-5-6-12-25-17)18-8-10-24(3)11-9-19(27-20(28)14-31-4)16(2)21(24)22(18)29/h5-7,12,15-16,18-19,21-22,29H,8-11,13-14H2,1-4H3,(H,26,30)(H,27,28)/t15-,16-,18+,19-,21+,22-,24+/m0/s1. The third-order valence-electron chi connectivity index (χ3n) is 7.74. The van der Waals surface area contributed by atoms with Crippen LogP contribution in [0.25, 0.3) is 0 Å². The van der Waals surface area contributed by atoms with Crippen molar-refractivity contribution in [1.82, 2.24) is 15.6 Å². The second kappa shape index (κ2) is 10.1. The van der Waals surface area contributed by atoms with E-state index in [2.05, 4.69) is 29.5 Å². The number of amides is 2. The molecule has 172 valence electrons. The van der Waals surface area contributed by atoms with Crippen molar-refractivity contribution in [2.45, 2.75) is 65.1 Å². The molecule has 0 bridgehead atoms. The number of methoxy groups -OCH3 is 1. The SMILES string of the molecule is COCC(=O)N[C@H]1CC[C@@]2(C)CC[C@H]([C@H](C)C(=O)NCc3ccccn3)[C@H](O)[C@H]2[C@H]1C. The highest BCUT2D eigenvalue weighted by Gasteiger charge is 2.53. The predicted octanol–water partition coefficient (Wildman–Crippen LogP) is 2.29. The number of carbonyl (C=O) groups is 2. The van der Waals surface area contributed by atoms with Gasteiger partial charge in [0.2, 0.25) is 11.8 Å². The second-order valence-corrected chi connectivity index (χ2v) is 9.71. The Balaban J connectivity index is 1.66. The van der Waals surface area contributed by atoms with E-state index in [1.54, 1.807) is 6.20 Å². The van der Waals surface area contributed by atoms with Crippen molar-refractivity contribution in [3.63, 3.8) is 0 Å². The molecule has 1 aromatic heterocycles. The molecule has 0 aliphatic heterocycles. The Morgan fingerprint density at radius 3 is 2.74 bits per heavy atom. The van der Waals surface area contributed by atoms with Gasteiger partial charge in [-0.2, -0.15) is 0 Å². The van der Waals surface area contributed by atoms with E-state index in [4.69, 9.17) is 4.74 Å². The number of carbonyl (C=O) groups excluding carboxylic acids is 2. The van der Waals surface area contributed by atoms with Gasteiger partial charge in [-0.05, 0) is 61.0 Å². The van der Waals surface area contributed by atoms with Crippen LogP contribution in [-0.4, -0.2) is 47.8 Å². The molecule has 3 rings (SSSR count). The van der Waals surface area contributed by atoms with Crippen LogP contribution in [0, 0.1) is 29.1 Å². The average molecular weight is 432 g/mol. The lowest BCUT2D eigenvalue weighted by molar-refractivity contribution is -0.144. The van der Waals surface area contributed by atoms with Gasteiger partial charge < -0.3 is 20.5 Å². The zero-order valence-corrected chi connectivity index (χ0v) is 19.1. The molecule has 1 heterocycles. The summed E-state index contributed by atoms with van der Waals surface area (Å²) in [5.41, 5.74) is 0.845. The number of aliphatic hydroxyl groups is 1. The molecule has 2 amide bonds. The van der Waals surface area contributed by atoms with Crippen molar-refractivity contribution in [1.29, 1.82) is 0 Å². The summed E-state index contributed by atoms with van der Waals surface area (Å²) in [6.45, 7) is 6.72. The number of fused-ring (bicyclic) bond motifs is 1. The first-order valence-corrected chi connectivity index (χ1v) is 11.4. The summed E-state index contributed by atoms with van der Waals surface area (Å²) in [4.78, 5) is 29.2. The fourth-order valence-corrected chi connectivity index (χ4v) is 5.91. The fourth-order valence-electron chi connectivity index (χ4n) is 5.91. The van der Waals surface area contributed by atoms with Gasteiger partial charge in [-0.3, -0.25) is 14.6 Å². The van der Waals surface area contributed by atoms with Crippen molar-refractivity contribution in [2.75, 3.05) is 13.7 Å². The normalized spacial score (nSPS) is 33.8. The number of aromatic nitrogens is 1. The zero-order valence-electron chi connectivity index (χ0n) is 19.1. The van der Waals surface area contributed by atoms with Crippen molar-refractivity contribution in [3.8, 4) is 0 Å². The van der Waals surface area contributed by atoms with Crippen LogP contribution in [-0.2, 0) is 20.9 Å². The molecule has 7 heteroatoms. The van der Waals surface area contributed by atoms with Crippen LogP contribution in [0.5, 0.6) is 0 Å². The van der Waals surface area contributed by atoms with Gasteiger partial charge in [0.1, 0.15) is 6.61 Å². The highest BCUT2D eigenvalue weighted by molar-refractivity contribution is 5.78. The van der Waals surface area contributed by atoms with Crippen molar-refractivity contribution in [3.05, 3.63) is 30.1 Å². The maximum absolute atomic E-state index is 12.8. The minimum atomic E-state index is -0.577. The van der Waals surface area contributed by atoms with E-state index in [0.717, 1.165) is 31.4 Å². The van der Waals surface area contributed by atoms with Gasteiger partial charge >= 0.3 is 0 Å². The van der Waals surface area contributed by atoms with E-state index in [1.165, 1.54) is 7.11 Å². The van der Waals surface area contributed by atoms with E-state index in [1.807, 2.05) is 25.1 Å². The smallest absolute Gasteiger partial charge is 0.246 e. The molecule has 3 N–H and O–H groups in total. The largest absolute Gasteiger partial charge is 0.392 e. The predicted molar refractivity (Wildman–Crippen MR) is 118 cm³/mol. The van der Waals surface area contributed by atoms with Gasteiger partial charge in [-0.15, -0.1) is 0 Å². The van der Waals surface area contributed by atoms with Gasteiger partial charge in [0.05, 0.1) is 18.3 Å². The van der Waals surface area contributed by atoms with Crippen LogP contribution in [0.2, 0.25) is 0 Å². The molecule has 2 fully saturated rings. The van der Waals surface area contributed by atoms with Crippen LogP contribution < -0.4 is 10.6 Å². The summed E-state index contributed by atoms with van der Waals surface area (Å²) in [5.74, 6) is -0.393. The fraction of sp³-hybridized carbons (Fsp3) is 0.708. The molecule has 0 radical (unpaired) electrons. The van der Waals surface area contributed by atoms with Crippen LogP contribution in [0.3, 0.4) is 0 Å². The Morgan fingerprint density at radius 2 is 2.06 bits per heavy atom. The number of pyridine rings is 1. The summed E-state index contributed by atoms with van der Waals surface area (Å²) in [6.07, 6.45) is 4.82. The molecule has 0 spiro atoms. The van der Waals surface area contributed by atoms with Crippen LogP contribution in [0.15, 0.2) is 24.4 Å². The number of hydrogen-bond donors (Lipinski definition) is 3. The minimum absolute atomic E-state index is 0.0161. The Hall–Kier alpha value is -1.99. The number of nitrogens with one attached hydrogen (secondary N) is 2. The van der Waals surface area contributed by atoms with Crippen molar-refractivity contribution in [2.24, 2.45) is 29.1 Å². The van der Waals surface area contributed by atoms with Gasteiger partial charge in [-0.25, -0.2) is 0 Å². The number of ether oxygens (including phenoxy) is 1. The first-order chi connectivity index (χ1) is 14.8. The number of rotatable bonds is 7. The third kappa shape index (κ3) is 5.26. The van der Waals surface area contributed by atoms with E-state index >= 15 is 0 Å². The molecule has 0 saturated heterocycles. The van der Waals surface area contributed by atoms with E-state index in [-0.39, 0.29) is 53.5 Å².